The van der Waals surface area contributed by atoms with Crippen molar-refractivity contribution in [1.82, 2.24) is 21.0 Å². The number of carbonyl (C=O) groups is 2. The zero-order chi connectivity index (χ0) is 12.0. The molecule has 1 rings (SSSR count). The Kier molecular flexibility index (Phi) is 5.56. The number of carbonyl (C=O) groups excluding carboxylic acids is 2. The maximum absolute atomic E-state index is 11.2. The molecule has 0 saturated heterocycles. The summed E-state index contributed by atoms with van der Waals surface area (Å²) in [6.07, 6.45) is 1.92. The Bertz CT molecular complexity index is 381. The van der Waals surface area contributed by atoms with Crippen LogP contribution in [0.5, 0.6) is 0 Å². The number of nitrogens with zero attached hydrogens (tertiary/aromatic N) is 2. The van der Waals surface area contributed by atoms with Crippen molar-refractivity contribution in [1.29, 1.82) is 0 Å². The average molecular weight is 278 g/mol. The number of rotatable bonds is 4. The fraction of sp³-hybridized carbons (Fsp3) is 0.429. The highest BCUT2D eigenvalue weighted by molar-refractivity contribution is 8.03. The van der Waals surface area contributed by atoms with Crippen molar-refractivity contribution in [3.8, 4) is 0 Å². The fourth-order valence-electron chi connectivity index (χ4n) is 0.659. The first-order chi connectivity index (χ1) is 7.61. The SMILES string of the molecule is CSc1nnc(SCC(=O)NNC(C)=O)s1. The average Bonchev–Trinajstić information content (AvgIpc) is 2.71. The number of hydrogen-bond donors (Lipinski definition) is 2. The van der Waals surface area contributed by atoms with Crippen LogP contribution in [0, 0.1) is 0 Å². The van der Waals surface area contributed by atoms with Gasteiger partial charge in [0.25, 0.3) is 0 Å². The summed E-state index contributed by atoms with van der Waals surface area (Å²) in [6.45, 7) is 1.32. The van der Waals surface area contributed by atoms with E-state index >= 15 is 0 Å². The Morgan fingerprint density at radius 2 is 2.00 bits per heavy atom. The number of hydrazine groups is 1. The maximum atomic E-state index is 11.2. The first-order valence-electron chi connectivity index (χ1n) is 4.17. The van der Waals surface area contributed by atoms with Gasteiger partial charge >= 0.3 is 0 Å². The van der Waals surface area contributed by atoms with Crippen LogP contribution in [-0.2, 0) is 9.59 Å². The van der Waals surface area contributed by atoms with Crippen LogP contribution in [0.25, 0.3) is 0 Å². The molecule has 0 aliphatic heterocycles. The van der Waals surface area contributed by atoms with Gasteiger partial charge in [-0.3, -0.25) is 20.4 Å². The smallest absolute Gasteiger partial charge is 0.248 e. The van der Waals surface area contributed by atoms with E-state index in [-0.39, 0.29) is 17.6 Å². The highest BCUT2D eigenvalue weighted by Crippen LogP contribution is 2.26. The zero-order valence-electron chi connectivity index (χ0n) is 8.64. The Morgan fingerprint density at radius 3 is 2.56 bits per heavy atom. The monoisotopic (exact) mass is 278 g/mol. The molecule has 0 aromatic carbocycles. The van der Waals surface area contributed by atoms with E-state index in [1.165, 1.54) is 41.8 Å². The van der Waals surface area contributed by atoms with Gasteiger partial charge in [0.2, 0.25) is 11.8 Å². The Labute approximate surface area is 105 Å². The van der Waals surface area contributed by atoms with Crippen LogP contribution in [-0.4, -0.2) is 34.0 Å². The number of amides is 2. The van der Waals surface area contributed by atoms with E-state index in [1.54, 1.807) is 0 Å². The van der Waals surface area contributed by atoms with Crippen molar-refractivity contribution >= 4 is 46.7 Å². The van der Waals surface area contributed by atoms with Gasteiger partial charge in [0.1, 0.15) is 0 Å². The minimum Gasteiger partial charge on any atom is -0.274 e. The molecule has 0 radical (unpaired) electrons. The second-order valence-corrected chi connectivity index (χ2v) is 5.81. The van der Waals surface area contributed by atoms with Gasteiger partial charge in [0, 0.05) is 6.92 Å². The summed E-state index contributed by atoms with van der Waals surface area (Å²) in [6, 6.07) is 0. The summed E-state index contributed by atoms with van der Waals surface area (Å²) >= 11 is 4.23. The molecular weight excluding hydrogens is 268 g/mol. The van der Waals surface area contributed by atoms with Gasteiger partial charge < -0.3 is 0 Å². The van der Waals surface area contributed by atoms with Gasteiger partial charge in [0.15, 0.2) is 8.68 Å². The van der Waals surface area contributed by atoms with Crippen molar-refractivity contribution in [2.24, 2.45) is 0 Å². The number of thioether (sulfide) groups is 2. The first kappa shape index (κ1) is 13.3. The van der Waals surface area contributed by atoms with E-state index in [1.807, 2.05) is 6.26 Å². The van der Waals surface area contributed by atoms with E-state index in [0.29, 0.717) is 0 Å². The number of nitrogens with one attached hydrogen (secondary N) is 2. The molecular formula is C7H10N4O2S3. The third-order valence-electron chi connectivity index (χ3n) is 1.27. The molecule has 0 unspecified atom stereocenters. The predicted molar refractivity (Wildman–Crippen MR) is 64.4 cm³/mol. The van der Waals surface area contributed by atoms with Crippen LogP contribution in [0.1, 0.15) is 6.92 Å². The topological polar surface area (TPSA) is 84.0 Å². The van der Waals surface area contributed by atoms with Gasteiger partial charge in [0.05, 0.1) is 5.75 Å². The summed E-state index contributed by atoms with van der Waals surface area (Å²) < 4.78 is 1.60. The summed E-state index contributed by atoms with van der Waals surface area (Å²) in [7, 11) is 0. The molecule has 6 nitrogen and oxygen atoms in total. The fourth-order valence-corrected chi connectivity index (χ4v) is 2.90. The lowest BCUT2D eigenvalue weighted by Gasteiger charge is -2.02. The van der Waals surface area contributed by atoms with Crippen LogP contribution in [0.4, 0.5) is 0 Å². The van der Waals surface area contributed by atoms with E-state index in [9.17, 15) is 9.59 Å². The van der Waals surface area contributed by atoms with Gasteiger partial charge in [-0.05, 0) is 6.26 Å². The molecule has 1 aromatic rings. The van der Waals surface area contributed by atoms with Gasteiger partial charge in [-0.15, -0.1) is 10.2 Å². The van der Waals surface area contributed by atoms with Crippen LogP contribution in [0.15, 0.2) is 8.68 Å². The van der Waals surface area contributed by atoms with Crippen molar-refractivity contribution in [3.05, 3.63) is 0 Å². The van der Waals surface area contributed by atoms with Gasteiger partial charge in [-0.25, -0.2) is 0 Å². The normalized spacial score (nSPS) is 9.88. The molecule has 1 aromatic heterocycles. The van der Waals surface area contributed by atoms with E-state index in [4.69, 9.17) is 0 Å². The Balaban J connectivity index is 2.28. The molecule has 0 bridgehead atoms. The maximum Gasteiger partial charge on any atom is 0.248 e. The van der Waals surface area contributed by atoms with Crippen molar-refractivity contribution < 1.29 is 9.59 Å². The molecule has 2 N–H and O–H groups in total. The highest BCUT2D eigenvalue weighted by Gasteiger charge is 2.07. The van der Waals surface area contributed by atoms with Crippen LogP contribution in [0.3, 0.4) is 0 Å². The minimum atomic E-state index is -0.307. The molecule has 0 fully saturated rings. The molecule has 0 aliphatic carbocycles. The van der Waals surface area contributed by atoms with E-state index in [0.717, 1.165) is 8.68 Å². The molecule has 2 amide bonds. The van der Waals surface area contributed by atoms with Gasteiger partial charge in [-0.2, -0.15) is 0 Å². The van der Waals surface area contributed by atoms with Crippen LogP contribution in [0.2, 0.25) is 0 Å². The van der Waals surface area contributed by atoms with Crippen molar-refractivity contribution in [2.45, 2.75) is 15.6 Å². The predicted octanol–water partition coefficient (Wildman–Crippen LogP) is 0.519. The van der Waals surface area contributed by atoms with E-state index < -0.39 is 0 Å². The number of hydrogen-bond acceptors (Lipinski definition) is 7. The summed E-state index contributed by atoms with van der Waals surface area (Å²) in [5.41, 5.74) is 4.47. The van der Waals surface area contributed by atoms with Gasteiger partial charge in [-0.1, -0.05) is 34.9 Å². The van der Waals surface area contributed by atoms with Crippen molar-refractivity contribution in [3.63, 3.8) is 0 Å². The minimum absolute atomic E-state index is 0.198. The molecule has 0 spiro atoms. The highest BCUT2D eigenvalue weighted by atomic mass is 32.2. The second-order valence-electron chi connectivity index (χ2n) is 2.56. The zero-order valence-corrected chi connectivity index (χ0v) is 11.1. The first-order valence-corrected chi connectivity index (χ1v) is 7.20. The lowest BCUT2D eigenvalue weighted by molar-refractivity contribution is -0.126. The van der Waals surface area contributed by atoms with Crippen molar-refractivity contribution in [2.75, 3.05) is 12.0 Å². The van der Waals surface area contributed by atoms with Crippen LogP contribution >= 0.6 is 34.9 Å². The summed E-state index contributed by atoms with van der Waals surface area (Å²) in [5.74, 6) is -0.386. The molecule has 0 saturated carbocycles. The molecule has 1 heterocycles. The largest absolute Gasteiger partial charge is 0.274 e. The quantitative estimate of drug-likeness (QED) is 0.617. The summed E-state index contributed by atoms with van der Waals surface area (Å²) in [4.78, 5) is 21.7. The molecule has 0 aliphatic rings. The lowest BCUT2D eigenvalue weighted by Crippen LogP contribution is -2.41. The molecule has 0 atom stereocenters. The molecule has 16 heavy (non-hydrogen) atoms. The van der Waals surface area contributed by atoms with Crippen LogP contribution < -0.4 is 10.9 Å². The lowest BCUT2D eigenvalue weighted by atomic mass is 10.7. The molecule has 88 valence electrons. The third-order valence-corrected chi connectivity index (χ3v) is 4.30. The standard InChI is InChI=1S/C7H10N4O2S3/c1-4(12)8-9-5(13)3-15-7-11-10-6(14-2)16-7/h3H2,1-2H3,(H,8,12)(H,9,13). The third kappa shape index (κ3) is 4.81. The molecule has 9 heteroatoms. The van der Waals surface area contributed by atoms with E-state index in [2.05, 4.69) is 21.0 Å². The second kappa shape index (κ2) is 6.71. The summed E-state index contributed by atoms with van der Waals surface area (Å²) in [5, 5.41) is 7.79. The Hall–Kier alpha value is -0.800. The Morgan fingerprint density at radius 1 is 1.31 bits per heavy atom. The number of aromatic nitrogens is 2.